The fraction of sp³-hybridized carbons (Fsp3) is 0.312. The average molecular weight is 293 g/mol. The summed E-state index contributed by atoms with van der Waals surface area (Å²) in [5, 5.41) is 0. The Hall–Kier alpha value is -1.68. The van der Waals surface area contributed by atoms with Crippen molar-refractivity contribution in [2.24, 2.45) is 0 Å². The van der Waals surface area contributed by atoms with Gasteiger partial charge in [0.05, 0.1) is 10.6 Å². The van der Waals surface area contributed by atoms with Gasteiger partial charge in [-0.2, -0.15) is 0 Å². The van der Waals surface area contributed by atoms with Gasteiger partial charge in [0.2, 0.25) is 0 Å². The van der Waals surface area contributed by atoms with Gasteiger partial charge < -0.3 is 0 Å². The van der Waals surface area contributed by atoms with E-state index in [1.54, 1.807) is 12.1 Å². The molecule has 20 heavy (non-hydrogen) atoms. The van der Waals surface area contributed by atoms with Gasteiger partial charge >= 0.3 is 0 Å². The molecule has 0 spiro atoms. The van der Waals surface area contributed by atoms with Crippen LogP contribution in [0, 0.1) is 6.92 Å². The molecule has 0 fully saturated rings. The number of aryl methyl sites for hydroxylation is 1. The molecule has 0 amide bonds. The smallest absolute Gasteiger partial charge is 0.177 e. The van der Waals surface area contributed by atoms with E-state index in [9.17, 15) is 8.42 Å². The van der Waals surface area contributed by atoms with Gasteiger partial charge in [0.25, 0.3) is 0 Å². The van der Waals surface area contributed by atoms with Crippen molar-refractivity contribution in [3.05, 3.63) is 54.4 Å². The summed E-state index contributed by atoms with van der Waals surface area (Å²) in [6.45, 7) is 11.4. The molecular weight excluding hydrogens is 270 g/mol. The zero-order valence-corrected chi connectivity index (χ0v) is 13.7. The third-order valence-corrected chi connectivity index (χ3v) is 3.48. The maximum atomic E-state index is 11.4. The molecule has 0 saturated carbocycles. The van der Waals surface area contributed by atoms with Gasteiger partial charge in [0, 0.05) is 18.0 Å². The minimum atomic E-state index is -3.21. The van der Waals surface area contributed by atoms with E-state index < -0.39 is 9.84 Å². The second kappa shape index (κ2) is 8.48. The maximum absolute atomic E-state index is 11.4. The van der Waals surface area contributed by atoms with Gasteiger partial charge in [-0.15, -0.1) is 0 Å². The zero-order chi connectivity index (χ0) is 15.8. The first-order valence-electron chi connectivity index (χ1n) is 6.52. The molecule has 1 aromatic rings. The normalized spacial score (nSPS) is 11.9. The highest BCUT2D eigenvalue weighted by Gasteiger charge is 2.11. The largest absolute Gasteiger partial charge is 0.255 e. The molecule has 0 atom stereocenters. The lowest BCUT2D eigenvalue weighted by atomic mass is 10.1. The molecular formula is C16H23NO2S. The zero-order valence-electron chi connectivity index (χ0n) is 12.8. The monoisotopic (exact) mass is 293 g/mol. The van der Waals surface area contributed by atoms with Crippen molar-refractivity contribution in [3.8, 4) is 0 Å². The number of allylic oxidation sites excluding steroid dienone is 5. The summed E-state index contributed by atoms with van der Waals surface area (Å²) in [5.74, 6) is 0. The van der Waals surface area contributed by atoms with Crippen LogP contribution in [0.15, 0.2) is 48.0 Å². The number of nitrogens with zero attached hydrogens (tertiary/aromatic N) is 1. The topological polar surface area (TPSA) is 47.0 Å². The van der Waals surface area contributed by atoms with Crippen LogP contribution in [0.25, 0.3) is 5.57 Å². The first kappa shape index (κ1) is 18.3. The van der Waals surface area contributed by atoms with Crippen LogP contribution >= 0.6 is 0 Å². The molecule has 0 N–H and O–H groups in total. The fourth-order valence-corrected chi connectivity index (χ4v) is 2.21. The number of sulfone groups is 1. The van der Waals surface area contributed by atoms with Crippen molar-refractivity contribution in [1.82, 2.24) is 4.98 Å². The Bertz CT molecular complexity index is 611. The van der Waals surface area contributed by atoms with Gasteiger partial charge in [-0.3, -0.25) is 4.98 Å². The Morgan fingerprint density at radius 1 is 1.35 bits per heavy atom. The van der Waals surface area contributed by atoms with E-state index in [-0.39, 0.29) is 4.90 Å². The van der Waals surface area contributed by atoms with Crippen LogP contribution in [0.3, 0.4) is 0 Å². The van der Waals surface area contributed by atoms with Gasteiger partial charge in [-0.1, -0.05) is 44.7 Å². The van der Waals surface area contributed by atoms with Gasteiger partial charge in [-0.05, 0) is 25.5 Å². The summed E-state index contributed by atoms with van der Waals surface area (Å²) >= 11 is 0. The highest BCUT2D eigenvalue weighted by atomic mass is 32.2. The summed E-state index contributed by atoms with van der Waals surface area (Å²) in [7, 11) is -3.21. The van der Waals surface area contributed by atoms with Gasteiger partial charge in [-0.25, -0.2) is 8.42 Å². The van der Waals surface area contributed by atoms with Crippen molar-refractivity contribution in [3.63, 3.8) is 0 Å². The van der Waals surface area contributed by atoms with E-state index in [1.807, 2.05) is 45.9 Å². The van der Waals surface area contributed by atoms with Crippen LogP contribution in [-0.2, 0) is 9.84 Å². The SMILES string of the molecule is C=C/C=C(\C=C/C)c1ncc(S(C)(=O)=O)cc1C.CC. The van der Waals surface area contributed by atoms with Crippen molar-refractivity contribution < 1.29 is 8.42 Å². The van der Waals surface area contributed by atoms with Crippen molar-refractivity contribution >= 4 is 15.4 Å². The number of hydrogen-bond donors (Lipinski definition) is 0. The summed E-state index contributed by atoms with van der Waals surface area (Å²) in [5.41, 5.74) is 2.49. The van der Waals surface area contributed by atoms with Crippen LogP contribution in [0.5, 0.6) is 0 Å². The second-order valence-electron chi connectivity index (χ2n) is 3.97. The Morgan fingerprint density at radius 2 is 1.95 bits per heavy atom. The maximum Gasteiger partial charge on any atom is 0.177 e. The molecule has 0 aliphatic rings. The van der Waals surface area contributed by atoms with Crippen LogP contribution in [-0.4, -0.2) is 19.7 Å². The molecule has 1 rings (SSSR count). The summed E-state index contributed by atoms with van der Waals surface area (Å²) in [6, 6.07) is 1.64. The first-order chi connectivity index (χ1) is 9.40. The Kier molecular flexibility index (Phi) is 7.77. The molecule has 1 aromatic heterocycles. The molecule has 1 heterocycles. The summed E-state index contributed by atoms with van der Waals surface area (Å²) < 4.78 is 22.9. The molecule has 0 bridgehead atoms. The second-order valence-corrected chi connectivity index (χ2v) is 5.98. The third kappa shape index (κ3) is 5.13. The molecule has 0 radical (unpaired) electrons. The fourth-order valence-electron chi connectivity index (χ4n) is 1.57. The Morgan fingerprint density at radius 3 is 2.35 bits per heavy atom. The number of pyridine rings is 1. The number of aromatic nitrogens is 1. The highest BCUT2D eigenvalue weighted by molar-refractivity contribution is 7.90. The van der Waals surface area contributed by atoms with E-state index in [4.69, 9.17) is 0 Å². The lowest BCUT2D eigenvalue weighted by Gasteiger charge is -2.07. The van der Waals surface area contributed by atoms with E-state index in [0.29, 0.717) is 0 Å². The Balaban J connectivity index is 0.00000172. The minimum absolute atomic E-state index is 0.238. The van der Waals surface area contributed by atoms with E-state index in [1.165, 1.54) is 12.5 Å². The van der Waals surface area contributed by atoms with Gasteiger partial charge in [0.1, 0.15) is 0 Å². The molecule has 3 nitrogen and oxygen atoms in total. The lowest BCUT2D eigenvalue weighted by Crippen LogP contribution is -2.01. The van der Waals surface area contributed by atoms with E-state index >= 15 is 0 Å². The van der Waals surface area contributed by atoms with E-state index in [2.05, 4.69) is 11.6 Å². The molecule has 0 aliphatic heterocycles. The molecule has 0 aromatic carbocycles. The van der Waals surface area contributed by atoms with Crippen molar-refractivity contribution in [2.75, 3.05) is 6.26 Å². The molecule has 0 aliphatic carbocycles. The molecule has 0 unspecified atom stereocenters. The standard InChI is InChI=1S/C14H17NO2S.C2H6/c1-5-7-12(8-6-2)14-11(3)9-13(10-15-14)18(4,16)17;1-2/h5-10H,1H2,2-4H3;1-2H3/b8-6-,12-7+;. The van der Waals surface area contributed by atoms with Crippen LogP contribution in [0.2, 0.25) is 0 Å². The number of hydrogen-bond acceptors (Lipinski definition) is 3. The summed E-state index contributed by atoms with van der Waals surface area (Å²) in [4.78, 5) is 4.47. The predicted molar refractivity (Wildman–Crippen MR) is 86.4 cm³/mol. The predicted octanol–water partition coefficient (Wildman–Crippen LogP) is 3.97. The molecule has 4 heteroatoms. The summed E-state index contributed by atoms with van der Waals surface area (Å²) in [6.07, 6.45) is 9.90. The van der Waals surface area contributed by atoms with Crippen LogP contribution < -0.4 is 0 Å². The van der Waals surface area contributed by atoms with Crippen LogP contribution in [0.1, 0.15) is 32.0 Å². The molecule has 110 valence electrons. The Labute approximate surface area is 122 Å². The average Bonchev–Trinajstić information content (AvgIpc) is 2.40. The van der Waals surface area contributed by atoms with Crippen LogP contribution in [0.4, 0.5) is 0 Å². The molecule has 0 saturated heterocycles. The van der Waals surface area contributed by atoms with Crippen molar-refractivity contribution in [1.29, 1.82) is 0 Å². The van der Waals surface area contributed by atoms with Gasteiger partial charge in [0.15, 0.2) is 9.84 Å². The quantitative estimate of drug-likeness (QED) is 0.789. The number of rotatable bonds is 4. The minimum Gasteiger partial charge on any atom is -0.255 e. The van der Waals surface area contributed by atoms with E-state index in [0.717, 1.165) is 16.8 Å². The highest BCUT2D eigenvalue weighted by Crippen LogP contribution is 2.20. The lowest BCUT2D eigenvalue weighted by molar-refractivity contribution is 0.601. The first-order valence-corrected chi connectivity index (χ1v) is 8.41. The third-order valence-electron chi connectivity index (χ3n) is 2.40. The van der Waals surface area contributed by atoms with Crippen molar-refractivity contribution in [2.45, 2.75) is 32.6 Å².